The monoisotopic (exact) mass is 600 g/mol. The van der Waals surface area contributed by atoms with Crippen LogP contribution in [0.1, 0.15) is 36.3 Å². The number of nitrogens with one attached hydrogen (secondary N) is 1. The van der Waals surface area contributed by atoms with Gasteiger partial charge in [-0.3, -0.25) is 10.1 Å². The van der Waals surface area contributed by atoms with E-state index in [4.69, 9.17) is 26.0 Å². The first kappa shape index (κ1) is 29.2. The third kappa shape index (κ3) is 6.95. The van der Waals surface area contributed by atoms with Gasteiger partial charge in [0.2, 0.25) is 0 Å². The number of thioether (sulfide) groups is 1. The van der Waals surface area contributed by atoms with Crippen molar-refractivity contribution in [3.8, 4) is 22.5 Å². The molecule has 0 aliphatic rings. The van der Waals surface area contributed by atoms with Crippen LogP contribution in [0.25, 0.3) is 33.2 Å². The summed E-state index contributed by atoms with van der Waals surface area (Å²) in [5.41, 5.74) is 5.82. The summed E-state index contributed by atoms with van der Waals surface area (Å²) in [6.45, 7) is 3.52. The standard InChI is InChI=1S/C33H29ClN2O5S/c1-20-31(35-33(39)40-21(2)28-5-3-4-6-29(28)34)32(41-36-20)27-14-13-25-17-24(11-12-26(25)18-27)23-9-7-22(8-10-23)19-42-16-15-30(37)38/h3-14,17-18,21H,15-16,19H2,1-2H3,(H,35,39)(H,37,38). The molecule has 2 N–H and O–H groups in total. The van der Waals surface area contributed by atoms with Crippen LogP contribution in [0.3, 0.4) is 0 Å². The predicted molar refractivity (Wildman–Crippen MR) is 168 cm³/mol. The van der Waals surface area contributed by atoms with Crippen LogP contribution in [-0.2, 0) is 15.3 Å². The number of hydrogen-bond acceptors (Lipinski definition) is 6. The molecule has 0 fully saturated rings. The SMILES string of the molecule is Cc1noc(-c2ccc3cc(-c4ccc(CSCCC(=O)O)cc4)ccc3c2)c1NC(=O)OC(C)c1ccccc1Cl. The van der Waals surface area contributed by atoms with Gasteiger partial charge in [0.05, 0.1) is 6.42 Å². The number of hydrogen-bond donors (Lipinski definition) is 2. The highest BCUT2D eigenvalue weighted by Gasteiger charge is 2.21. The number of carboxylic acid groups (broad SMARTS) is 1. The summed E-state index contributed by atoms with van der Waals surface area (Å²) in [7, 11) is 0. The third-order valence-electron chi connectivity index (χ3n) is 6.84. The lowest BCUT2D eigenvalue weighted by atomic mass is 9.98. The summed E-state index contributed by atoms with van der Waals surface area (Å²) in [5, 5.41) is 18.3. The Kier molecular flexibility index (Phi) is 9.15. The van der Waals surface area contributed by atoms with E-state index in [-0.39, 0.29) is 6.42 Å². The van der Waals surface area contributed by atoms with Gasteiger partial charge in [0.1, 0.15) is 17.5 Å². The second kappa shape index (κ2) is 13.1. The Balaban J connectivity index is 1.29. The van der Waals surface area contributed by atoms with E-state index in [0.717, 1.165) is 38.8 Å². The van der Waals surface area contributed by atoms with E-state index in [9.17, 15) is 9.59 Å². The summed E-state index contributed by atoms with van der Waals surface area (Å²) in [5.74, 6) is 1.05. The molecule has 7 nitrogen and oxygen atoms in total. The van der Waals surface area contributed by atoms with Gasteiger partial charge >= 0.3 is 12.1 Å². The van der Waals surface area contributed by atoms with Crippen molar-refractivity contribution in [2.24, 2.45) is 0 Å². The Labute approximate surface area is 252 Å². The fraction of sp³-hybridized carbons (Fsp3) is 0.182. The Bertz CT molecular complexity index is 1730. The molecule has 1 atom stereocenters. The van der Waals surface area contributed by atoms with Gasteiger partial charge < -0.3 is 14.4 Å². The molecular weight excluding hydrogens is 572 g/mol. The second-order valence-electron chi connectivity index (χ2n) is 9.84. The Morgan fingerprint density at radius 1 is 0.976 bits per heavy atom. The first-order chi connectivity index (χ1) is 20.3. The van der Waals surface area contributed by atoms with E-state index < -0.39 is 18.2 Å². The van der Waals surface area contributed by atoms with E-state index in [1.807, 2.05) is 36.4 Å². The van der Waals surface area contributed by atoms with E-state index >= 15 is 0 Å². The highest BCUT2D eigenvalue weighted by atomic mass is 35.5. The Morgan fingerprint density at radius 3 is 2.36 bits per heavy atom. The average Bonchev–Trinajstić information content (AvgIpc) is 3.34. The van der Waals surface area contributed by atoms with Crippen LogP contribution in [0.5, 0.6) is 0 Å². The molecule has 214 valence electrons. The Morgan fingerprint density at radius 2 is 1.64 bits per heavy atom. The van der Waals surface area contributed by atoms with Crippen LogP contribution < -0.4 is 5.32 Å². The van der Waals surface area contributed by atoms with Crippen LogP contribution in [0, 0.1) is 6.92 Å². The normalized spacial score (nSPS) is 11.8. The van der Waals surface area contributed by atoms with E-state index in [1.165, 1.54) is 0 Å². The van der Waals surface area contributed by atoms with Gasteiger partial charge in [-0.1, -0.05) is 83.5 Å². The van der Waals surface area contributed by atoms with Crippen LogP contribution in [0.4, 0.5) is 10.5 Å². The number of benzene rings is 4. The number of aromatic nitrogens is 1. The van der Waals surface area contributed by atoms with Crippen molar-refractivity contribution in [2.45, 2.75) is 32.1 Å². The lowest BCUT2D eigenvalue weighted by Gasteiger charge is -2.15. The van der Waals surface area contributed by atoms with Gasteiger partial charge in [0, 0.05) is 27.7 Å². The molecule has 0 radical (unpaired) electrons. The molecule has 5 aromatic rings. The molecule has 5 rings (SSSR count). The number of anilines is 1. The lowest BCUT2D eigenvalue weighted by Crippen LogP contribution is -2.17. The molecule has 1 heterocycles. The van der Waals surface area contributed by atoms with Gasteiger partial charge in [-0.15, -0.1) is 0 Å². The molecule has 0 saturated carbocycles. The van der Waals surface area contributed by atoms with Crippen molar-refractivity contribution < 1.29 is 24.0 Å². The molecule has 1 aromatic heterocycles. The first-order valence-electron chi connectivity index (χ1n) is 13.4. The number of amides is 1. The zero-order chi connectivity index (χ0) is 29.6. The third-order valence-corrected chi connectivity index (χ3v) is 8.21. The van der Waals surface area contributed by atoms with Crippen molar-refractivity contribution >= 4 is 51.9 Å². The van der Waals surface area contributed by atoms with Crippen molar-refractivity contribution in [3.05, 3.63) is 107 Å². The fourth-order valence-electron chi connectivity index (χ4n) is 4.58. The van der Waals surface area contributed by atoms with Crippen LogP contribution >= 0.6 is 23.4 Å². The highest BCUT2D eigenvalue weighted by molar-refractivity contribution is 7.98. The molecule has 0 aliphatic heterocycles. The zero-order valence-electron chi connectivity index (χ0n) is 23.1. The number of fused-ring (bicyclic) bond motifs is 1. The second-order valence-corrected chi connectivity index (χ2v) is 11.3. The number of halogens is 1. The van der Waals surface area contributed by atoms with Gasteiger partial charge in [-0.25, -0.2) is 4.79 Å². The van der Waals surface area contributed by atoms with Crippen molar-refractivity contribution in [2.75, 3.05) is 11.1 Å². The number of carbonyl (C=O) groups is 2. The summed E-state index contributed by atoms with van der Waals surface area (Å²) < 4.78 is 11.2. The summed E-state index contributed by atoms with van der Waals surface area (Å²) in [4.78, 5) is 23.5. The minimum absolute atomic E-state index is 0.172. The highest BCUT2D eigenvalue weighted by Crippen LogP contribution is 2.35. The van der Waals surface area contributed by atoms with Crippen molar-refractivity contribution in [1.82, 2.24) is 5.16 Å². The quantitative estimate of drug-likeness (QED) is 0.154. The number of carbonyl (C=O) groups excluding carboxylic acids is 1. The maximum Gasteiger partial charge on any atom is 0.412 e. The zero-order valence-corrected chi connectivity index (χ0v) is 24.7. The van der Waals surface area contributed by atoms with E-state index in [1.54, 1.807) is 31.7 Å². The number of nitrogens with zero attached hydrogens (tertiary/aromatic N) is 1. The molecular formula is C33H29ClN2O5S. The topological polar surface area (TPSA) is 102 Å². The van der Waals surface area contributed by atoms with Gasteiger partial charge in [0.25, 0.3) is 0 Å². The smallest absolute Gasteiger partial charge is 0.412 e. The van der Waals surface area contributed by atoms with Crippen LogP contribution in [0.2, 0.25) is 5.02 Å². The molecule has 0 bridgehead atoms. The summed E-state index contributed by atoms with van der Waals surface area (Å²) in [6, 6.07) is 27.8. The molecule has 0 aliphatic carbocycles. The number of ether oxygens (including phenoxy) is 1. The van der Waals surface area contributed by atoms with E-state index in [0.29, 0.717) is 33.5 Å². The first-order valence-corrected chi connectivity index (χ1v) is 14.9. The van der Waals surface area contributed by atoms with Crippen molar-refractivity contribution in [3.63, 3.8) is 0 Å². The molecule has 4 aromatic carbocycles. The number of carboxylic acids is 1. The molecule has 0 spiro atoms. The summed E-state index contributed by atoms with van der Waals surface area (Å²) in [6.07, 6.45) is -1.01. The maximum absolute atomic E-state index is 12.8. The fourth-order valence-corrected chi connectivity index (χ4v) is 5.76. The van der Waals surface area contributed by atoms with Crippen LogP contribution in [0.15, 0.2) is 89.5 Å². The van der Waals surface area contributed by atoms with Crippen LogP contribution in [-0.4, -0.2) is 28.1 Å². The molecule has 1 unspecified atom stereocenters. The number of rotatable bonds is 10. The summed E-state index contributed by atoms with van der Waals surface area (Å²) >= 11 is 7.87. The van der Waals surface area contributed by atoms with Gasteiger partial charge in [-0.05, 0) is 59.5 Å². The van der Waals surface area contributed by atoms with Gasteiger partial charge in [-0.2, -0.15) is 11.8 Å². The minimum Gasteiger partial charge on any atom is -0.481 e. The Hall–Kier alpha value is -4.27. The van der Waals surface area contributed by atoms with Crippen molar-refractivity contribution in [1.29, 1.82) is 0 Å². The minimum atomic E-state index is -0.769. The molecule has 42 heavy (non-hydrogen) atoms. The molecule has 0 saturated heterocycles. The largest absolute Gasteiger partial charge is 0.481 e. The van der Waals surface area contributed by atoms with E-state index in [2.05, 4.69) is 52.9 Å². The maximum atomic E-state index is 12.8. The predicted octanol–water partition coefficient (Wildman–Crippen LogP) is 9.14. The average molecular weight is 601 g/mol. The molecule has 1 amide bonds. The lowest BCUT2D eigenvalue weighted by molar-refractivity contribution is -0.136. The molecule has 9 heteroatoms. The number of aryl methyl sites for hydroxylation is 1. The van der Waals surface area contributed by atoms with Gasteiger partial charge in [0.15, 0.2) is 5.76 Å². The number of aliphatic carboxylic acids is 1.